The molecule has 1 heterocycles. The molecule has 8 heteroatoms. The number of nitrogens with zero attached hydrogens (tertiary/aromatic N) is 1. The van der Waals surface area contributed by atoms with E-state index in [1.54, 1.807) is 18.7 Å². The molecule has 0 amide bonds. The molecule has 1 aromatic rings. The first-order valence-electron chi connectivity index (χ1n) is 9.34. The minimum absolute atomic E-state index is 0.240. The van der Waals surface area contributed by atoms with Gasteiger partial charge in [0.1, 0.15) is 0 Å². The van der Waals surface area contributed by atoms with Gasteiger partial charge in [-0.2, -0.15) is 0 Å². The molecule has 0 bridgehead atoms. The van der Waals surface area contributed by atoms with Gasteiger partial charge < -0.3 is 0 Å². The van der Waals surface area contributed by atoms with Gasteiger partial charge in [0, 0.05) is 0 Å². The van der Waals surface area contributed by atoms with Gasteiger partial charge in [-0.25, -0.2) is 0 Å². The van der Waals surface area contributed by atoms with E-state index in [1.807, 2.05) is 42.3 Å². The first-order valence-corrected chi connectivity index (χ1v) is 11.8. The summed E-state index contributed by atoms with van der Waals surface area (Å²) >= 11 is 4.55. The Hall–Kier alpha value is -1.73. The fourth-order valence-corrected chi connectivity index (χ4v) is 5.00. The summed E-state index contributed by atoms with van der Waals surface area (Å²) < 4.78 is 10.5. The minimum atomic E-state index is -0.588. The summed E-state index contributed by atoms with van der Waals surface area (Å²) in [5.74, 6) is -1.49. The Morgan fingerprint density at radius 1 is 1.24 bits per heavy atom. The van der Waals surface area contributed by atoms with Crippen LogP contribution in [0.5, 0.6) is 0 Å². The molecule has 6 nitrogen and oxygen atoms in total. The molecule has 1 unspecified atom stereocenters. The van der Waals surface area contributed by atoms with Gasteiger partial charge in [0.25, 0.3) is 0 Å². The molecule has 0 spiro atoms. The van der Waals surface area contributed by atoms with Crippen LogP contribution in [0.4, 0.5) is 0 Å². The molecule has 0 aliphatic carbocycles. The molecule has 2 N–H and O–H groups in total. The van der Waals surface area contributed by atoms with Gasteiger partial charge in [-0.3, -0.25) is 0 Å². The number of hydrogen-bond acceptors (Lipinski definition) is 7. The monoisotopic (exact) mass is 483 g/mol. The Morgan fingerprint density at radius 2 is 1.93 bits per heavy atom. The van der Waals surface area contributed by atoms with Crippen LogP contribution >= 0.6 is 11.8 Å². The number of thioether (sulfide) groups is 1. The van der Waals surface area contributed by atoms with E-state index in [9.17, 15) is 9.59 Å². The van der Waals surface area contributed by atoms with Gasteiger partial charge in [0.15, 0.2) is 0 Å². The van der Waals surface area contributed by atoms with Crippen molar-refractivity contribution in [2.45, 2.75) is 31.1 Å². The summed E-state index contributed by atoms with van der Waals surface area (Å²) in [5.41, 5.74) is 9.63. The van der Waals surface area contributed by atoms with Gasteiger partial charge in [0.2, 0.25) is 0 Å². The fraction of sp³-hybridized carbons (Fsp3) is 0.429. The summed E-state index contributed by atoms with van der Waals surface area (Å²) in [6.45, 7) is 4.25. The molecule has 0 aromatic heterocycles. The third-order valence-electron chi connectivity index (χ3n) is 4.87. The maximum absolute atomic E-state index is 13.2. The molecular weight excluding hydrogens is 455 g/mol. The molecular formula is C21H27N2O4SSe. The van der Waals surface area contributed by atoms with E-state index in [4.69, 9.17) is 15.2 Å². The van der Waals surface area contributed by atoms with E-state index < -0.39 is 17.9 Å². The Balaban J connectivity index is 2.89. The predicted molar refractivity (Wildman–Crippen MR) is 115 cm³/mol. The van der Waals surface area contributed by atoms with Crippen LogP contribution < -0.4 is 5.73 Å². The molecule has 1 atom stereocenters. The molecule has 0 saturated carbocycles. The summed E-state index contributed by atoms with van der Waals surface area (Å²) in [4.78, 5) is 28.9. The number of carbonyl (C=O) groups is 2. The summed E-state index contributed by atoms with van der Waals surface area (Å²) in [6, 6.07) is 7.77. The Labute approximate surface area is 184 Å². The van der Waals surface area contributed by atoms with Gasteiger partial charge in [0.05, 0.1) is 0 Å². The van der Waals surface area contributed by atoms with Crippen LogP contribution in [-0.4, -0.2) is 64.8 Å². The molecule has 1 aliphatic rings. The standard InChI is InChI=1S/C21H27N2O4SSe/c1-5-27-21(25)19-15(10-11-22)23(12-29)13(2)17(20(24)26-3)18(19)14-8-6-7-9-16(14)28-4/h6-9,18H,5,10-12,22H2,1-4H3. The molecule has 1 aliphatic heterocycles. The number of esters is 2. The zero-order valence-electron chi connectivity index (χ0n) is 17.2. The molecule has 29 heavy (non-hydrogen) atoms. The Morgan fingerprint density at radius 3 is 2.48 bits per heavy atom. The molecule has 1 radical (unpaired) electrons. The summed E-state index contributed by atoms with van der Waals surface area (Å²) in [5, 5.41) is 0. The van der Waals surface area contributed by atoms with Crippen LogP contribution in [0.25, 0.3) is 0 Å². The first kappa shape index (κ1) is 23.5. The molecule has 157 valence electrons. The van der Waals surface area contributed by atoms with E-state index in [2.05, 4.69) is 16.0 Å². The van der Waals surface area contributed by atoms with Crippen molar-refractivity contribution in [2.75, 3.05) is 32.0 Å². The second-order valence-electron chi connectivity index (χ2n) is 6.34. The van der Waals surface area contributed by atoms with E-state index in [0.717, 1.165) is 21.9 Å². The number of hydrogen-bond donors (Lipinski definition) is 1. The van der Waals surface area contributed by atoms with Crippen molar-refractivity contribution < 1.29 is 19.1 Å². The molecule has 2 rings (SSSR count). The van der Waals surface area contributed by atoms with Crippen LogP contribution in [-0.2, 0) is 19.1 Å². The average molecular weight is 482 g/mol. The molecule has 0 fully saturated rings. The average Bonchev–Trinajstić information content (AvgIpc) is 2.73. The van der Waals surface area contributed by atoms with Gasteiger partial charge in [-0.15, -0.1) is 0 Å². The van der Waals surface area contributed by atoms with E-state index in [1.165, 1.54) is 7.11 Å². The Bertz CT molecular complexity index is 838. The second kappa shape index (κ2) is 10.9. The maximum atomic E-state index is 13.2. The van der Waals surface area contributed by atoms with Crippen LogP contribution in [0.2, 0.25) is 0 Å². The SMILES string of the molecule is CCOC(=O)C1=C(CCN)N(C[Se])C(C)=C(C(=O)OC)C1c1ccccc1SC. The number of benzene rings is 1. The number of carbonyl (C=O) groups excluding carboxylic acids is 2. The summed E-state index contributed by atoms with van der Waals surface area (Å²) in [6.07, 6.45) is 2.46. The number of ether oxygens (including phenoxy) is 2. The van der Waals surface area contributed by atoms with Crippen molar-refractivity contribution in [3.8, 4) is 0 Å². The second-order valence-corrected chi connectivity index (χ2v) is 7.73. The third-order valence-corrected chi connectivity index (χ3v) is 6.22. The van der Waals surface area contributed by atoms with E-state index in [0.29, 0.717) is 29.6 Å². The summed E-state index contributed by atoms with van der Waals surface area (Å²) in [7, 11) is 1.35. The number of nitrogens with two attached hydrogens (primary N) is 1. The van der Waals surface area contributed by atoms with Crippen molar-refractivity contribution >= 4 is 39.7 Å². The zero-order chi connectivity index (χ0) is 21.6. The van der Waals surface area contributed by atoms with Crippen LogP contribution in [0, 0.1) is 0 Å². The van der Waals surface area contributed by atoms with Gasteiger partial charge in [-0.1, -0.05) is 0 Å². The number of allylic oxidation sites excluding steroid dienone is 1. The molecule has 0 saturated heterocycles. The van der Waals surface area contributed by atoms with Gasteiger partial charge in [-0.05, 0) is 0 Å². The Kier molecular flexibility index (Phi) is 8.83. The topological polar surface area (TPSA) is 81.9 Å². The van der Waals surface area contributed by atoms with Crippen molar-refractivity contribution in [1.29, 1.82) is 0 Å². The van der Waals surface area contributed by atoms with E-state index in [-0.39, 0.29) is 6.61 Å². The quantitative estimate of drug-likeness (QED) is 0.347. The molecule has 1 aromatic carbocycles. The first-order chi connectivity index (χ1) is 14.0. The van der Waals surface area contributed by atoms with Crippen molar-refractivity contribution in [1.82, 2.24) is 4.90 Å². The van der Waals surface area contributed by atoms with Crippen LogP contribution in [0.1, 0.15) is 31.7 Å². The zero-order valence-corrected chi connectivity index (χ0v) is 19.7. The van der Waals surface area contributed by atoms with Crippen LogP contribution in [0.15, 0.2) is 51.7 Å². The number of rotatable bonds is 8. The third kappa shape index (κ3) is 4.72. The van der Waals surface area contributed by atoms with Crippen molar-refractivity contribution in [2.24, 2.45) is 5.73 Å². The van der Waals surface area contributed by atoms with Crippen molar-refractivity contribution in [3.05, 3.63) is 52.4 Å². The normalized spacial score (nSPS) is 16.9. The van der Waals surface area contributed by atoms with Gasteiger partial charge >= 0.3 is 185 Å². The van der Waals surface area contributed by atoms with E-state index >= 15 is 0 Å². The van der Waals surface area contributed by atoms with Crippen molar-refractivity contribution in [3.63, 3.8) is 0 Å². The van der Waals surface area contributed by atoms with Crippen LogP contribution in [0.3, 0.4) is 0 Å². The predicted octanol–water partition coefficient (Wildman–Crippen LogP) is 2.55. The fourth-order valence-electron chi connectivity index (χ4n) is 3.63. The number of methoxy groups -OCH3 is 1.